The number of methoxy groups -OCH3 is 2. The van der Waals surface area contributed by atoms with Crippen LogP contribution < -0.4 is 120 Å². The van der Waals surface area contributed by atoms with Crippen LogP contribution in [-0.4, -0.2) is 101 Å². The quantitative estimate of drug-likeness (QED) is 0.0226. The normalized spacial score (nSPS) is 12.3. The Labute approximate surface area is 714 Å². The molecule has 10 aromatic carbocycles. The number of halogens is 3. The summed E-state index contributed by atoms with van der Waals surface area (Å²) >= 11 is 6.02. The number of hydrogen-bond donors (Lipinski definition) is 2. The predicted molar refractivity (Wildman–Crippen MR) is 424 cm³/mol. The van der Waals surface area contributed by atoms with Crippen LogP contribution >= 0.6 is 59.1 Å². The molecular weight excluding hydrogens is 1600 g/mol. The first-order valence-corrected chi connectivity index (χ1v) is 56.8. The third-order valence-electron chi connectivity index (χ3n) is 16.1. The molecule has 1 unspecified atom stereocenters. The number of nitrogen functional groups attached to an aromatic ring is 2. The van der Waals surface area contributed by atoms with Gasteiger partial charge in [-0.05, 0) is 197 Å². The molecular formula is C78H82BBrCl2K3N4O8P3Pd. The number of ether oxygens (including phenoxy) is 2. The zero-order valence-electron chi connectivity index (χ0n) is 59.9. The van der Waals surface area contributed by atoms with Crippen molar-refractivity contribution >= 4 is 206 Å². The third-order valence-corrected chi connectivity index (χ3v) is 21.7. The Kier molecular flexibility index (Phi) is 43.2. The molecule has 0 aliphatic carbocycles. The van der Waals surface area contributed by atoms with E-state index in [1.807, 2.05) is 58.0 Å². The van der Waals surface area contributed by atoms with Gasteiger partial charge >= 0.3 is 165 Å². The molecule has 1 fully saturated rings. The summed E-state index contributed by atoms with van der Waals surface area (Å²) in [6, 6.07) is 84.6. The van der Waals surface area contributed by atoms with Crippen molar-refractivity contribution in [2.24, 2.45) is 0 Å². The Morgan fingerprint density at radius 2 is 0.901 bits per heavy atom. The zero-order chi connectivity index (χ0) is 73.5. The molecule has 1 aliphatic heterocycles. The molecule has 0 saturated carbocycles. The summed E-state index contributed by atoms with van der Waals surface area (Å²) in [7, 11) is 8.30. The Hall–Kier alpha value is -1.98. The molecule has 1 aromatic heterocycles. The topological polar surface area (TPSA) is 179 Å². The molecule has 12 nitrogen and oxygen atoms in total. The van der Waals surface area contributed by atoms with Crippen LogP contribution in [0.1, 0.15) is 89.5 Å². The van der Waals surface area contributed by atoms with Crippen LogP contribution in [0.3, 0.4) is 0 Å². The van der Waals surface area contributed by atoms with Gasteiger partial charge in [-0.3, -0.25) is 0 Å². The summed E-state index contributed by atoms with van der Waals surface area (Å²) in [6.45, 7) is 28.1. The molecule has 514 valence electrons. The molecule has 1 saturated heterocycles. The fraction of sp³-hybridized carbons (Fsp3) is 0.205. The van der Waals surface area contributed by atoms with Gasteiger partial charge in [0, 0.05) is 20.9 Å². The van der Waals surface area contributed by atoms with Gasteiger partial charge in [-0.15, -0.1) is 0 Å². The number of hydrogen-bond acceptors (Lipinski definition) is 11. The van der Waals surface area contributed by atoms with Crippen LogP contribution in [0.5, 0.6) is 11.5 Å². The minimum Gasteiger partial charge on any atom is -0.0622 e. The summed E-state index contributed by atoms with van der Waals surface area (Å²) in [4.78, 5) is 17.0. The SMILES string of the molecule is COc1ccc2c(c1)c(N)nc1c(Br)cc(C(C)C)cc12.Cc1cc(C(C)C)cc(C)c1N.O=[P+]([O-])O[O-].[C-]#[N+]c1cc(OC)ccc1B1OC(C)(C)C(C)(C)O1.[Cl][Pd][Cl].[K+].[K][K].c1ccc(P(c2ccccc2)c2ccccc2)cc1.c1ccc(P(c2ccccc2)c2ccccc2)cc1. The third kappa shape index (κ3) is 28.2. The van der Waals surface area contributed by atoms with Crippen molar-refractivity contribution in [3.63, 3.8) is 0 Å². The first-order chi connectivity index (χ1) is 47.9. The minimum atomic E-state index is -3.15. The van der Waals surface area contributed by atoms with Gasteiger partial charge in [0.05, 0.1) is 37.5 Å². The largest absolute Gasteiger partial charge is 0.0622 e. The van der Waals surface area contributed by atoms with Crippen LogP contribution in [0.2, 0.25) is 0 Å². The summed E-state index contributed by atoms with van der Waals surface area (Å²) in [5.74, 6) is 3.01. The van der Waals surface area contributed by atoms with Gasteiger partial charge in [0.1, 0.15) is 17.3 Å². The average molecular weight is 1680 g/mol. The molecule has 101 heavy (non-hydrogen) atoms. The van der Waals surface area contributed by atoms with Gasteiger partial charge in [0.25, 0.3) is 0 Å². The number of fused-ring (bicyclic) bond motifs is 3. The molecule has 23 heteroatoms. The van der Waals surface area contributed by atoms with E-state index in [1.165, 1.54) is 117 Å². The molecule has 1 atom stereocenters. The maximum atomic E-state index is 8.87. The first kappa shape index (κ1) is 91.4. The summed E-state index contributed by atoms with van der Waals surface area (Å²) in [5.41, 5.74) is 19.3. The number of nitrogens with zero attached hydrogens (tertiary/aromatic N) is 2. The second kappa shape index (κ2) is 47.7. The van der Waals surface area contributed by atoms with Crippen molar-refractivity contribution in [2.75, 3.05) is 25.7 Å². The van der Waals surface area contributed by atoms with Gasteiger partial charge < -0.3 is 40.4 Å². The van der Waals surface area contributed by atoms with E-state index in [0.717, 1.165) is 43.0 Å². The predicted octanol–water partition coefficient (Wildman–Crippen LogP) is 13.2. The summed E-state index contributed by atoms with van der Waals surface area (Å²) < 4.78 is 34.6. The maximum absolute atomic E-state index is 8.87. The Bertz CT molecular complexity index is 4010. The fourth-order valence-electron chi connectivity index (χ4n) is 10.2. The van der Waals surface area contributed by atoms with Gasteiger partial charge in [-0.1, -0.05) is 228 Å². The van der Waals surface area contributed by atoms with Crippen molar-refractivity contribution in [1.29, 1.82) is 0 Å². The standard InChI is InChI=1S/2C18H15P.C17H17BrN2O.C14H18BNO3.C11H17N.2ClH.3K.HO4P.Pd/c2*1-4-10-16(11-5-1)19(17-12-6-2-7-13-17)18-14-8-3-9-15-18;1-9(2)10-6-13-12-5-4-11(21-3)8-14(12)17(19)20-16(13)15(18)7-10;1-13(2)14(3,4)19-15(18-13)11-8-7-10(17-6)9-12(11)16-5;1-7(2)10-5-8(3)11(12)9(4)6-10;;;;;;1-4-5(2)3;/h2*1-15H;4-9H,1-3H3,(H2,19,20);7-9H,1-4,6H3;5-7H,12H2,1-4H3;2*1H;;;;1H;/q;;;;;;;;;+1;;+2/p-3. The van der Waals surface area contributed by atoms with Crippen LogP contribution in [0.25, 0.3) is 26.5 Å². The molecule has 12 rings (SSSR count). The number of anilines is 2. The van der Waals surface area contributed by atoms with Gasteiger partial charge in [-0.25, -0.2) is 14.5 Å². The van der Waals surface area contributed by atoms with E-state index in [9.17, 15) is 0 Å². The van der Waals surface area contributed by atoms with Gasteiger partial charge in [0.15, 0.2) is 5.69 Å². The number of benzene rings is 10. The number of pyridine rings is 1. The molecule has 2 heterocycles. The molecule has 4 N–H and O–H groups in total. The number of aromatic nitrogens is 1. The fourth-order valence-corrected chi connectivity index (χ4v) is 15.3. The Morgan fingerprint density at radius 1 is 0.574 bits per heavy atom. The monoisotopic (exact) mass is 1680 g/mol. The summed E-state index contributed by atoms with van der Waals surface area (Å²) in [6.07, 6.45) is 0. The van der Waals surface area contributed by atoms with Crippen molar-refractivity contribution in [3.8, 4) is 11.5 Å². The maximum Gasteiger partial charge on any atom is -0.0134 e. The van der Waals surface area contributed by atoms with Crippen molar-refractivity contribution < 1.29 is 105 Å². The molecule has 11 aromatic rings. The second-order valence-electron chi connectivity index (χ2n) is 23.8. The van der Waals surface area contributed by atoms with Crippen LogP contribution in [-0.2, 0) is 34.5 Å². The van der Waals surface area contributed by atoms with Crippen LogP contribution in [0.15, 0.2) is 247 Å². The zero-order valence-corrected chi connectivity index (χ0v) is 76.6. The van der Waals surface area contributed by atoms with Gasteiger partial charge in [-0.2, -0.15) is 0 Å². The van der Waals surface area contributed by atoms with Crippen molar-refractivity contribution in [1.82, 2.24) is 4.98 Å². The molecule has 0 amide bonds. The number of aryl methyl sites for hydroxylation is 2. The van der Waals surface area contributed by atoms with E-state index in [4.69, 9.17) is 70.6 Å². The van der Waals surface area contributed by atoms with E-state index in [-0.39, 0.29) is 67.3 Å². The molecule has 0 bridgehead atoms. The average Bonchev–Trinajstić information content (AvgIpc) is 1.30. The summed E-state index contributed by atoms with van der Waals surface area (Å²) in [5, 5.41) is 20.1. The van der Waals surface area contributed by atoms with E-state index < -0.39 is 42.4 Å². The van der Waals surface area contributed by atoms with Crippen LogP contribution in [0, 0.1) is 20.4 Å². The Morgan fingerprint density at radius 3 is 1.22 bits per heavy atom. The van der Waals surface area contributed by atoms with Crippen molar-refractivity contribution in [2.45, 2.75) is 92.3 Å². The van der Waals surface area contributed by atoms with E-state index in [2.05, 4.69) is 278 Å². The molecule has 0 radical (unpaired) electrons. The Balaban J connectivity index is 0.000000260. The molecule has 1 aliphatic rings. The molecule has 0 spiro atoms. The van der Waals surface area contributed by atoms with E-state index in [0.29, 0.717) is 29.1 Å². The van der Waals surface area contributed by atoms with Crippen molar-refractivity contribution in [3.05, 3.63) is 281 Å². The minimum absolute atomic E-state index is 0. The van der Waals surface area contributed by atoms with E-state index in [1.54, 1.807) is 20.3 Å². The first-order valence-electron chi connectivity index (χ1n) is 32.2. The second-order valence-corrected chi connectivity index (χ2v) is 32.1. The smallest absolute Gasteiger partial charge is 0.0134 e. The van der Waals surface area contributed by atoms with Gasteiger partial charge in [0.2, 0.25) is 0 Å². The van der Waals surface area contributed by atoms with Crippen LogP contribution in [0.4, 0.5) is 17.2 Å². The van der Waals surface area contributed by atoms with E-state index >= 15 is 0 Å². The number of nitrogens with two attached hydrogens (primary N) is 2. The number of rotatable bonds is 12.